The fourth-order valence-corrected chi connectivity index (χ4v) is 4.11. The highest BCUT2D eigenvalue weighted by molar-refractivity contribution is 7.91. The van der Waals surface area contributed by atoms with E-state index in [2.05, 4.69) is 14.9 Å². The average Bonchev–Trinajstić information content (AvgIpc) is 2.83. The van der Waals surface area contributed by atoms with Crippen LogP contribution in [0.1, 0.15) is 38.2 Å². The topological polar surface area (TPSA) is 133 Å². The first-order valence-corrected chi connectivity index (χ1v) is 12.2. The fraction of sp³-hybridized carbons (Fsp3) is 0.478. The number of carbonyl (C=O) groups excluding carboxylic acids is 2. The quantitative estimate of drug-likeness (QED) is 0.0943. The van der Waals surface area contributed by atoms with Crippen LogP contribution in [0.5, 0.6) is 5.75 Å². The van der Waals surface area contributed by atoms with Crippen LogP contribution in [-0.2, 0) is 35.0 Å². The second kappa shape index (κ2) is 14.3. The van der Waals surface area contributed by atoms with Crippen molar-refractivity contribution in [2.24, 2.45) is 5.34 Å². The number of benzene rings is 2. The maximum absolute atomic E-state index is 12.4. The molecule has 0 fully saturated rings. The molecule has 2 rings (SSSR count). The Balaban J connectivity index is 1.63. The third kappa shape index (κ3) is 9.06. The first-order chi connectivity index (χ1) is 16.3. The van der Waals surface area contributed by atoms with Crippen LogP contribution in [0, 0.1) is 4.91 Å². The van der Waals surface area contributed by atoms with Crippen molar-refractivity contribution in [1.82, 2.24) is 0 Å². The molecule has 10 nitrogen and oxygen atoms in total. The number of nitrogens with zero attached hydrogens (tertiary/aromatic N) is 1. The first kappa shape index (κ1) is 27.2. The van der Waals surface area contributed by atoms with Gasteiger partial charge in [-0.15, -0.1) is 4.91 Å². The lowest BCUT2D eigenvalue weighted by Crippen LogP contribution is -2.20. The third-order valence-electron chi connectivity index (χ3n) is 4.88. The lowest BCUT2D eigenvalue weighted by Gasteiger charge is -2.14. The number of ether oxygens (including phenoxy) is 4. The van der Waals surface area contributed by atoms with Gasteiger partial charge >= 0.3 is 12.1 Å². The summed E-state index contributed by atoms with van der Waals surface area (Å²) in [5.41, 5.74) is 0.855. The average molecular weight is 496 g/mol. The van der Waals surface area contributed by atoms with Gasteiger partial charge in [0.25, 0.3) is 6.29 Å². The molecule has 2 aromatic carbocycles. The van der Waals surface area contributed by atoms with E-state index in [4.69, 9.17) is 14.2 Å². The van der Waals surface area contributed by atoms with Crippen LogP contribution in [0.4, 0.5) is 4.79 Å². The molecular weight excluding hydrogens is 466 g/mol. The summed E-state index contributed by atoms with van der Waals surface area (Å²) in [6.07, 6.45) is -1.32. The van der Waals surface area contributed by atoms with E-state index in [1.54, 1.807) is 14.0 Å². The summed E-state index contributed by atoms with van der Waals surface area (Å²) in [6.45, 7) is 3.28. The van der Waals surface area contributed by atoms with E-state index in [-0.39, 0.29) is 19.2 Å². The van der Waals surface area contributed by atoms with E-state index >= 15 is 0 Å². The van der Waals surface area contributed by atoms with E-state index in [9.17, 15) is 19.0 Å². The number of fused-ring (bicyclic) bond motifs is 1. The molecular formula is C23H29NO9S. The number of rotatable bonds is 14. The van der Waals surface area contributed by atoms with Crippen LogP contribution in [-0.4, -0.2) is 54.8 Å². The molecule has 2 aromatic rings. The molecule has 3 atom stereocenters. The van der Waals surface area contributed by atoms with Gasteiger partial charge < -0.3 is 28.3 Å². The zero-order valence-corrected chi connectivity index (χ0v) is 20.2. The number of carbonyl (C=O) groups is 2. The molecule has 0 saturated carbocycles. The van der Waals surface area contributed by atoms with Gasteiger partial charge in [-0.1, -0.05) is 35.4 Å². The van der Waals surface area contributed by atoms with Gasteiger partial charge in [0.2, 0.25) is 0 Å². The van der Waals surface area contributed by atoms with Gasteiger partial charge in [0, 0.05) is 19.8 Å². The third-order valence-corrected chi connectivity index (χ3v) is 6.36. The van der Waals surface area contributed by atoms with Crippen molar-refractivity contribution in [2.45, 2.75) is 38.9 Å². The molecule has 0 aliphatic rings. The molecule has 0 saturated heterocycles. The Hall–Kier alpha value is -3.05. The Morgan fingerprint density at radius 3 is 2.32 bits per heavy atom. The molecule has 11 heteroatoms. The smallest absolute Gasteiger partial charge is 0.511 e. The second-order valence-electron chi connectivity index (χ2n) is 7.38. The Morgan fingerprint density at radius 2 is 1.65 bits per heavy atom. The van der Waals surface area contributed by atoms with Crippen molar-refractivity contribution in [3.8, 4) is 5.75 Å². The number of esters is 1. The minimum absolute atomic E-state index is 0.0108. The molecule has 2 unspecified atom stereocenters. The molecule has 186 valence electrons. The summed E-state index contributed by atoms with van der Waals surface area (Å²) in [7, 11) is 1.62. The van der Waals surface area contributed by atoms with Gasteiger partial charge in [0.05, 0.1) is 26.2 Å². The molecule has 0 heterocycles. The summed E-state index contributed by atoms with van der Waals surface area (Å²) in [6, 6.07) is 11.5. The maximum atomic E-state index is 12.4. The standard InChI is InChI=1S/C23H29NO9S/c1-16(18-6-7-20-15-21(29-3)9-8-19(20)14-18)22(25)30-10-4-12-34(28)13-5-11-31-23(26)32-17(2)33-24-27/h6-9,14-17H,4-5,10-13H2,1-3H3/t16-,17?,34?/m0/s1. The van der Waals surface area contributed by atoms with E-state index in [0.29, 0.717) is 24.3 Å². The molecule has 0 radical (unpaired) electrons. The summed E-state index contributed by atoms with van der Waals surface area (Å²) in [5.74, 6) is 0.688. The predicted octanol–water partition coefficient (Wildman–Crippen LogP) is 4.22. The van der Waals surface area contributed by atoms with Crippen LogP contribution in [0.3, 0.4) is 0 Å². The molecule has 0 aromatic heterocycles. The van der Waals surface area contributed by atoms with E-state index in [1.807, 2.05) is 36.4 Å². The number of hydrogen-bond acceptors (Lipinski definition) is 10. The van der Waals surface area contributed by atoms with Crippen LogP contribution in [0.15, 0.2) is 41.7 Å². The highest BCUT2D eigenvalue weighted by Crippen LogP contribution is 2.25. The van der Waals surface area contributed by atoms with Gasteiger partial charge in [-0.05, 0) is 35.4 Å². The number of methoxy groups -OCH3 is 1. The molecule has 0 spiro atoms. The Bertz CT molecular complexity index is 955. The minimum Gasteiger partial charge on any atom is -0.616 e. The van der Waals surface area contributed by atoms with Gasteiger partial charge in [0.15, 0.2) is 5.34 Å². The van der Waals surface area contributed by atoms with Gasteiger partial charge in [0.1, 0.15) is 17.3 Å². The van der Waals surface area contributed by atoms with Crippen molar-refractivity contribution in [1.29, 1.82) is 0 Å². The summed E-state index contributed by atoms with van der Waals surface area (Å²) in [4.78, 5) is 37.7. The molecule has 0 aliphatic carbocycles. The molecule has 34 heavy (non-hydrogen) atoms. The van der Waals surface area contributed by atoms with Crippen molar-refractivity contribution in [2.75, 3.05) is 31.8 Å². The van der Waals surface area contributed by atoms with E-state index in [0.717, 1.165) is 22.1 Å². The maximum Gasteiger partial charge on any atom is 0.511 e. The predicted molar refractivity (Wildman–Crippen MR) is 126 cm³/mol. The van der Waals surface area contributed by atoms with Crippen LogP contribution in [0.25, 0.3) is 10.8 Å². The van der Waals surface area contributed by atoms with Crippen molar-refractivity contribution < 1.29 is 37.9 Å². The monoisotopic (exact) mass is 495 g/mol. The Morgan fingerprint density at radius 1 is 1.00 bits per heavy atom. The highest BCUT2D eigenvalue weighted by atomic mass is 32.2. The van der Waals surface area contributed by atoms with Crippen LogP contribution >= 0.6 is 0 Å². The zero-order valence-electron chi connectivity index (χ0n) is 19.4. The van der Waals surface area contributed by atoms with Gasteiger partial charge in [-0.3, -0.25) is 4.79 Å². The van der Waals surface area contributed by atoms with E-state index < -0.39 is 29.5 Å². The van der Waals surface area contributed by atoms with E-state index in [1.165, 1.54) is 6.92 Å². The summed E-state index contributed by atoms with van der Waals surface area (Å²) >= 11 is -1.14. The molecule has 0 aliphatic heterocycles. The summed E-state index contributed by atoms with van der Waals surface area (Å²) < 4.78 is 32.0. The normalized spacial score (nSPS) is 13.4. The van der Waals surface area contributed by atoms with Crippen LogP contribution in [0.2, 0.25) is 0 Å². The first-order valence-electron chi connectivity index (χ1n) is 10.7. The van der Waals surface area contributed by atoms with Crippen LogP contribution < -0.4 is 4.74 Å². The van der Waals surface area contributed by atoms with Gasteiger partial charge in [-0.2, -0.15) is 0 Å². The summed E-state index contributed by atoms with van der Waals surface area (Å²) in [5, 5.41) is 4.16. The van der Waals surface area contributed by atoms with Crippen molar-refractivity contribution in [3.05, 3.63) is 46.9 Å². The largest absolute Gasteiger partial charge is 0.616 e. The molecule has 0 amide bonds. The lowest BCUT2D eigenvalue weighted by molar-refractivity contribution is -0.145. The van der Waals surface area contributed by atoms with Crippen molar-refractivity contribution in [3.63, 3.8) is 0 Å². The van der Waals surface area contributed by atoms with Gasteiger partial charge in [-0.25, -0.2) is 4.79 Å². The second-order valence-corrected chi connectivity index (χ2v) is 9.08. The minimum atomic E-state index is -1.14. The Labute approximate surface area is 200 Å². The SMILES string of the molecule is COc1ccc2cc([C@H](C)C(=O)OCCC[S+]([O-])CCCOC(=O)OC(C)ON=O)ccc2c1. The zero-order chi connectivity index (χ0) is 24.9. The Kier molecular flexibility index (Phi) is 11.4. The number of hydrogen-bond donors (Lipinski definition) is 0. The highest BCUT2D eigenvalue weighted by Gasteiger charge is 2.18. The van der Waals surface area contributed by atoms with Crippen molar-refractivity contribution >= 4 is 34.1 Å². The molecule has 0 bridgehead atoms. The lowest BCUT2D eigenvalue weighted by atomic mass is 9.98. The fourth-order valence-electron chi connectivity index (χ4n) is 3.02. The molecule has 0 N–H and O–H groups in total.